The van der Waals surface area contributed by atoms with E-state index in [1.165, 1.54) is 28.1 Å². The minimum absolute atomic E-state index is 0. The number of ether oxygens (including phenoxy) is 2. The molecule has 6 aromatic rings. The predicted molar refractivity (Wildman–Crippen MR) is 284 cm³/mol. The van der Waals surface area contributed by atoms with E-state index in [9.17, 15) is 5.11 Å². The molecule has 4 atom stereocenters. The average molecular weight is 961 g/mol. The molecular formula is C57H78AlLiN6O5. The number of benzene rings is 2. The summed E-state index contributed by atoms with van der Waals surface area (Å²) in [6.45, 7) is 28.9. The van der Waals surface area contributed by atoms with Gasteiger partial charge in [0.15, 0.2) is 17.4 Å². The summed E-state index contributed by atoms with van der Waals surface area (Å²) in [5.74, 6) is 2.63. The van der Waals surface area contributed by atoms with Crippen LogP contribution in [0.2, 0.25) is 0 Å². The SMILES string of the molecule is C=CCO[C@@H](CNCc1ccccc1)[C@@H](CO)Cc1cc(C)cc(-n2c(C)ccc2C)n1.C=CCO[C@@H](CNCc1ccccc1)[C@H](Cc1cc(C)cc(-n2c(C)ccc2C)n1)C(C)C.O=C=O.[AlH3].[H-].[Li+]. The van der Waals surface area contributed by atoms with E-state index in [0.29, 0.717) is 38.0 Å². The Morgan fingerprint density at radius 1 is 0.643 bits per heavy atom. The van der Waals surface area contributed by atoms with Gasteiger partial charge in [-0.25, -0.2) is 9.97 Å². The molecule has 0 radical (unpaired) electrons. The smallest absolute Gasteiger partial charge is 1.00 e. The van der Waals surface area contributed by atoms with E-state index in [-0.39, 0.29) is 68.5 Å². The topological polar surface area (TPSA) is 133 Å². The summed E-state index contributed by atoms with van der Waals surface area (Å²) in [7, 11) is 0. The monoisotopic (exact) mass is 961 g/mol. The standard InChI is InChI=1S/C29H39N3O.C27H35N3O2.CO2.Al.Li.4H/c1-7-15-33-28(20-30-19-25-11-9-8-10-12-25)27(21(2)3)18-26-16-22(4)17-29(31-26)32-23(5)13-14-24(32)6;1-5-13-32-26(18-28-17-23-9-7-6-8-10-23)24(19-31)16-25-14-20(2)15-27(29-25)30-21(3)11-12-22(30)4;2-1-3;;;;;;/h7-14,16-17,21,27-28,30H,1,15,18-20H2,2-6H3;5-12,14-15,24,26,28,31H,1,13,16-19H2,2-4H3;;;;;;;/q;;;;+1;;;;-1/t27-,28+;24-,26+;;;;;;;/m11......./s1. The minimum Gasteiger partial charge on any atom is -1.00 e. The van der Waals surface area contributed by atoms with Crippen molar-refractivity contribution in [3.8, 4) is 11.6 Å². The normalized spacial score (nSPS) is 12.4. The molecule has 4 heterocycles. The van der Waals surface area contributed by atoms with Crippen LogP contribution in [0.5, 0.6) is 0 Å². The molecule has 0 aliphatic carbocycles. The first-order valence-corrected chi connectivity index (χ1v) is 23.6. The Hall–Kier alpha value is -4.91. The first-order chi connectivity index (χ1) is 32.8. The van der Waals surface area contributed by atoms with Gasteiger partial charge < -0.3 is 35.8 Å². The third-order valence-electron chi connectivity index (χ3n) is 11.9. The van der Waals surface area contributed by atoms with Crippen LogP contribution in [0.25, 0.3) is 11.6 Å². The van der Waals surface area contributed by atoms with E-state index in [4.69, 9.17) is 29.0 Å². The minimum atomic E-state index is -0.150. The zero-order valence-corrected chi connectivity index (χ0v) is 42.6. The zero-order valence-electron chi connectivity index (χ0n) is 43.6. The Morgan fingerprint density at radius 2 is 1.03 bits per heavy atom. The summed E-state index contributed by atoms with van der Waals surface area (Å²) in [5, 5.41) is 17.3. The summed E-state index contributed by atoms with van der Waals surface area (Å²) < 4.78 is 16.7. The molecule has 13 heteroatoms. The van der Waals surface area contributed by atoms with E-state index in [0.717, 1.165) is 66.0 Å². The molecule has 0 fully saturated rings. The quantitative estimate of drug-likeness (QED) is 0.0522. The van der Waals surface area contributed by atoms with Crippen molar-refractivity contribution in [3.63, 3.8) is 0 Å². The molecule has 0 aliphatic rings. The van der Waals surface area contributed by atoms with Crippen molar-refractivity contribution in [2.75, 3.05) is 32.9 Å². The van der Waals surface area contributed by atoms with Gasteiger partial charge >= 0.3 is 25.0 Å². The molecule has 3 N–H and O–H groups in total. The maximum atomic E-state index is 10.2. The fraction of sp³-hybridized carbons (Fsp3) is 0.386. The summed E-state index contributed by atoms with van der Waals surface area (Å²) in [6, 6.07) is 37.9. The molecule has 2 aromatic carbocycles. The molecule has 0 saturated carbocycles. The Balaban J connectivity index is 0.000000647. The van der Waals surface area contributed by atoms with Gasteiger partial charge in [-0.05, 0) is 137 Å². The maximum Gasteiger partial charge on any atom is 1.00 e. The van der Waals surface area contributed by atoms with Gasteiger partial charge in [-0.2, -0.15) is 9.59 Å². The Morgan fingerprint density at radius 3 is 1.41 bits per heavy atom. The number of rotatable bonds is 24. The largest absolute Gasteiger partial charge is 1.00 e. The second-order valence-corrected chi connectivity index (χ2v) is 17.8. The summed E-state index contributed by atoms with van der Waals surface area (Å²) in [6.07, 6.45) is 5.27. The molecule has 11 nitrogen and oxygen atoms in total. The van der Waals surface area contributed by atoms with Crippen molar-refractivity contribution in [1.82, 2.24) is 29.7 Å². The van der Waals surface area contributed by atoms with Crippen molar-refractivity contribution in [3.05, 3.63) is 191 Å². The van der Waals surface area contributed by atoms with Crippen molar-refractivity contribution in [1.29, 1.82) is 0 Å². The summed E-state index contributed by atoms with van der Waals surface area (Å²) in [4.78, 5) is 26.3. The molecule has 0 unspecified atom stereocenters. The molecule has 70 heavy (non-hydrogen) atoms. The van der Waals surface area contributed by atoms with E-state index in [2.05, 4.69) is 173 Å². The van der Waals surface area contributed by atoms with E-state index in [1.54, 1.807) is 6.08 Å². The van der Waals surface area contributed by atoms with Crippen LogP contribution in [0.4, 0.5) is 0 Å². The van der Waals surface area contributed by atoms with Crippen molar-refractivity contribution < 1.29 is 44.5 Å². The van der Waals surface area contributed by atoms with Crippen LogP contribution in [-0.4, -0.2) is 92.8 Å². The predicted octanol–water partition coefficient (Wildman–Crippen LogP) is 5.63. The number of aliphatic hydroxyl groups is 1. The van der Waals surface area contributed by atoms with Crippen LogP contribution < -0.4 is 29.5 Å². The molecule has 6 rings (SSSR count). The van der Waals surface area contributed by atoms with Crippen LogP contribution in [0.1, 0.15) is 71.7 Å². The second-order valence-electron chi connectivity index (χ2n) is 17.8. The molecule has 0 spiro atoms. The van der Waals surface area contributed by atoms with Gasteiger partial charge in [0.25, 0.3) is 0 Å². The first-order valence-electron chi connectivity index (χ1n) is 23.6. The molecule has 0 bridgehead atoms. The zero-order chi connectivity index (χ0) is 49.4. The number of aliphatic hydroxyl groups excluding tert-OH is 1. The third-order valence-corrected chi connectivity index (χ3v) is 11.9. The van der Waals surface area contributed by atoms with Gasteiger partial charge in [-0.3, -0.25) is 0 Å². The van der Waals surface area contributed by atoms with Crippen LogP contribution in [-0.2, 0) is 45.0 Å². The third kappa shape index (κ3) is 19.7. The van der Waals surface area contributed by atoms with E-state index >= 15 is 0 Å². The summed E-state index contributed by atoms with van der Waals surface area (Å²) in [5.41, 5.74) is 11.7. The Labute approximate surface area is 442 Å². The van der Waals surface area contributed by atoms with Gasteiger partial charge in [0.05, 0.1) is 25.4 Å². The number of hydrogen-bond donors (Lipinski definition) is 3. The van der Waals surface area contributed by atoms with E-state index < -0.39 is 0 Å². The fourth-order valence-electron chi connectivity index (χ4n) is 8.55. The van der Waals surface area contributed by atoms with Crippen LogP contribution >= 0.6 is 0 Å². The van der Waals surface area contributed by atoms with Crippen molar-refractivity contribution >= 4 is 23.5 Å². The number of nitrogens with zero attached hydrogens (tertiary/aromatic N) is 4. The van der Waals surface area contributed by atoms with E-state index in [1.807, 2.05) is 30.3 Å². The first kappa shape index (κ1) is 61.2. The van der Waals surface area contributed by atoms with Crippen molar-refractivity contribution in [2.45, 2.75) is 93.5 Å². The molecule has 0 saturated heterocycles. The number of aromatic nitrogens is 4. The van der Waals surface area contributed by atoms with Gasteiger partial charge in [-0.1, -0.05) is 86.7 Å². The molecule has 4 aromatic heterocycles. The number of nitrogens with one attached hydrogen (secondary N) is 2. The van der Waals surface area contributed by atoms with Gasteiger partial charge in [-0.15, -0.1) is 13.2 Å². The fourth-order valence-corrected chi connectivity index (χ4v) is 8.55. The van der Waals surface area contributed by atoms with Crippen molar-refractivity contribution in [2.24, 2.45) is 17.8 Å². The van der Waals surface area contributed by atoms with Gasteiger partial charge in [0.2, 0.25) is 0 Å². The second kappa shape index (κ2) is 32.9. The number of hydrogen-bond acceptors (Lipinski definition) is 9. The van der Waals surface area contributed by atoms with Crippen LogP contribution in [0, 0.1) is 59.3 Å². The maximum absolute atomic E-state index is 10.2. The number of carbonyl (C=O) groups excluding carboxylic acids is 2. The summed E-state index contributed by atoms with van der Waals surface area (Å²) >= 11 is 0. The molecule has 0 amide bonds. The van der Waals surface area contributed by atoms with Crippen LogP contribution in [0.3, 0.4) is 0 Å². The van der Waals surface area contributed by atoms with Crippen LogP contribution in [0.15, 0.2) is 135 Å². The van der Waals surface area contributed by atoms with Gasteiger partial charge in [0.1, 0.15) is 11.6 Å². The molecule has 0 aliphatic heterocycles. The molecular weight excluding hydrogens is 883 g/mol. The average Bonchev–Trinajstić information content (AvgIpc) is 3.85. The molecule has 370 valence electrons. The number of aryl methyl sites for hydroxylation is 6. The number of pyridine rings is 2. The van der Waals surface area contributed by atoms with Gasteiger partial charge in [0, 0.05) is 72.9 Å². The Bertz CT molecular complexity index is 2440. The Kier molecular flexibility index (Phi) is 28.7.